The molecule has 0 aliphatic carbocycles. The zero-order valence-electron chi connectivity index (χ0n) is 27.1. The standard InChI is InChI=1S/C34H34ClN5O7S2/c1-34(2,3)47-33(44)37-30(23-13-15-48-19-23)32(43)40-14-16-49(45,46)20-27(40)31(42)36-25-10-6-21(7-11-25)5-8-22-18-39(4)38-29(22)26-17-24(35)9-12-28(26)41/h6-7,9-13,15,17-19,27,30,41H,14,16,20H2,1-4H3,(H,36,42)(H,37,44)/t27-,30?/m0/s1. The van der Waals surface area contributed by atoms with E-state index in [1.54, 1.807) is 91.9 Å². The third-order valence-electron chi connectivity index (χ3n) is 7.34. The molecule has 1 fully saturated rings. The smallest absolute Gasteiger partial charge is 0.408 e. The Labute approximate surface area is 292 Å². The molecule has 0 spiro atoms. The third-order valence-corrected chi connectivity index (χ3v) is 9.90. The number of aryl methyl sites for hydroxylation is 1. The van der Waals surface area contributed by atoms with Crippen molar-refractivity contribution < 1.29 is 32.6 Å². The highest BCUT2D eigenvalue weighted by molar-refractivity contribution is 7.91. The summed E-state index contributed by atoms with van der Waals surface area (Å²) in [6, 6.07) is 10.3. The van der Waals surface area contributed by atoms with Gasteiger partial charge in [-0.15, -0.1) is 0 Å². The van der Waals surface area contributed by atoms with Gasteiger partial charge in [-0.1, -0.05) is 23.4 Å². The molecule has 256 valence electrons. The molecule has 2 aromatic carbocycles. The summed E-state index contributed by atoms with van der Waals surface area (Å²) >= 11 is 7.45. The van der Waals surface area contributed by atoms with Gasteiger partial charge in [-0.25, -0.2) is 13.2 Å². The number of carbonyl (C=O) groups excluding carboxylic acids is 3. The number of amides is 3. The average Bonchev–Trinajstić information content (AvgIpc) is 3.69. The van der Waals surface area contributed by atoms with Crippen molar-refractivity contribution in [2.24, 2.45) is 7.05 Å². The van der Waals surface area contributed by atoms with E-state index in [1.165, 1.54) is 22.3 Å². The lowest BCUT2D eigenvalue weighted by atomic mass is 10.1. The van der Waals surface area contributed by atoms with Crippen LogP contribution in [-0.2, 0) is 31.2 Å². The van der Waals surface area contributed by atoms with E-state index in [1.807, 2.05) is 0 Å². The number of sulfone groups is 1. The van der Waals surface area contributed by atoms with Crippen LogP contribution in [0.3, 0.4) is 0 Å². The molecule has 1 aliphatic heterocycles. The van der Waals surface area contributed by atoms with Gasteiger partial charge in [0, 0.05) is 41.6 Å². The second kappa shape index (κ2) is 14.3. The maximum Gasteiger partial charge on any atom is 0.408 e. The molecular formula is C34H34ClN5O7S2. The van der Waals surface area contributed by atoms with Gasteiger partial charge in [0.1, 0.15) is 29.1 Å². The minimum absolute atomic E-state index is 0.0126. The monoisotopic (exact) mass is 723 g/mol. The Kier molecular flexibility index (Phi) is 10.4. The van der Waals surface area contributed by atoms with Crippen molar-refractivity contribution >= 4 is 56.4 Å². The molecule has 3 amide bonds. The Morgan fingerprint density at radius 1 is 1.12 bits per heavy atom. The molecule has 0 saturated carbocycles. The Morgan fingerprint density at radius 2 is 1.86 bits per heavy atom. The number of aromatic nitrogens is 2. The summed E-state index contributed by atoms with van der Waals surface area (Å²) in [5.41, 5.74) is 2.08. The van der Waals surface area contributed by atoms with Gasteiger partial charge < -0.3 is 25.4 Å². The number of hydrogen-bond donors (Lipinski definition) is 3. The van der Waals surface area contributed by atoms with E-state index in [-0.39, 0.29) is 18.0 Å². The van der Waals surface area contributed by atoms with Crippen LogP contribution in [-0.4, -0.2) is 75.8 Å². The van der Waals surface area contributed by atoms with Crippen molar-refractivity contribution in [2.45, 2.75) is 38.5 Å². The highest BCUT2D eigenvalue weighted by atomic mass is 35.5. The zero-order chi connectivity index (χ0) is 35.5. The molecule has 1 aliphatic rings. The molecule has 2 aromatic heterocycles. The fourth-order valence-corrected chi connectivity index (χ4v) is 7.40. The lowest BCUT2D eigenvalue weighted by molar-refractivity contribution is -0.139. The number of halogens is 1. The Bertz CT molecular complexity index is 2040. The van der Waals surface area contributed by atoms with Crippen molar-refractivity contribution in [3.63, 3.8) is 0 Å². The molecule has 12 nitrogen and oxygen atoms in total. The Morgan fingerprint density at radius 3 is 2.53 bits per heavy atom. The Balaban J connectivity index is 1.33. The molecule has 3 N–H and O–H groups in total. The second-order valence-electron chi connectivity index (χ2n) is 12.3. The average molecular weight is 724 g/mol. The lowest BCUT2D eigenvalue weighted by Crippen LogP contribution is -2.58. The van der Waals surface area contributed by atoms with E-state index in [2.05, 4.69) is 27.6 Å². The van der Waals surface area contributed by atoms with Crippen LogP contribution in [0.2, 0.25) is 5.02 Å². The van der Waals surface area contributed by atoms with Gasteiger partial charge in [0.05, 0.1) is 17.1 Å². The maximum atomic E-state index is 13.9. The van der Waals surface area contributed by atoms with Crippen molar-refractivity contribution in [2.75, 3.05) is 23.4 Å². The van der Waals surface area contributed by atoms with Gasteiger partial charge in [-0.2, -0.15) is 16.4 Å². The van der Waals surface area contributed by atoms with Crippen LogP contribution < -0.4 is 10.6 Å². The van der Waals surface area contributed by atoms with Crippen LogP contribution in [0.25, 0.3) is 11.3 Å². The molecule has 2 atom stereocenters. The van der Waals surface area contributed by atoms with Gasteiger partial charge in [-0.3, -0.25) is 14.3 Å². The first-order valence-electron chi connectivity index (χ1n) is 15.1. The quantitative estimate of drug-likeness (QED) is 0.241. The van der Waals surface area contributed by atoms with Crippen LogP contribution in [0.15, 0.2) is 65.5 Å². The molecule has 1 saturated heterocycles. The first-order valence-corrected chi connectivity index (χ1v) is 18.2. The number of nitrogens with one attached hydrogen (secondary N) is 2. The summed E-state index contributed by atoms with van der Waals surface area (Å²) < 4.78 is 32.2. The molecule has 1 unspecified atom stereocenters. The van der Waals surface area contributed by atoms with E-state index in [0.717, 1.165) is 0 Å². The van der Waals surface area contributed by atoms with E-state index in [0.29, 0.717) is 38.7 Å². The number of hydrogen-bond acceptors (Lipinski definition) is 9. The van der Waals surface area contributed by atoms with Gasteiger partial charge in [0.25, 0.3) is 5.91 Å². The number of nitrogens with zero attached hydrogens (tertiary/aromatic N) is 3. The normalized spacial score (nSPS) is 16.2. The predicted molar refractivity (Wildman–Crippen MR) is 187 cm³/mol. The number of ether oxygens (including phenoxy) is 1. The fraction of sp³-hybridized carbons (Fsp3) is 0.294. The van der Waals surface area contributed by atoms with Crippen molar-refractivity contribution in [3.8, 4) is 28.8 Å². The number of alkyl carbamates (subject to hydrolysis) is 1. The van der Waals surface area contributed by atoms with Crippen molar-refractivity contribution in [1.29, 1.82) is 0 Å². The van der Waals surface area contributed by atoms with Crippen LogP contribution in [0.4, 0.5) is 10.5 Å². The van der Waals surface area contributed by atoms with Crippen LogP contribution in [0.1, 0.15) is 43.5 Å². The topological polar surface area (TPSA) is 160 Å². The number of rotatable bonds is 6. The van der Waals surface area contributed by atoms with Gasteiger partial charge in [0.15, 0.2) is 9.84 Å². The second-order valence-corrected chi connectivity index (χ2v) is 15.8. The molecular weight excluding hydrogens is 690 g/mol. The first-order chi connectivity index (χ1) is 23.1. The number of phenolic OH excluding ortho intramolecular Hbond substituents is 1. The summed E-state index contributed by atoms with van der Waals surface area (Å²) in [5, 5.41) is 23.9. The minimum Gasteiger partial charge on any atom is -0.507 e. The number of aromatic hydroxyl groups is 1. The van der Waals surface area contributed by atoms with Gasteiger partial charge in [-0.05, 0) is 85.6 Å². The number of phenols is 1. The number of carbonyl (C=O) groups is 3. The van der Waals surface area contributed by atoms with Gasteiger partial charge in [0.2, 0.25) is 5.91 Å². The molecule has 3 heterocycles. The maximum absolute atomic E-state index is 13.9. The molecule has 4 aromatic rings. The highest BCUT2D eigenvalue weighted by Gasteiger charge is 2.42. The van der Waals surface area contributed by atoms with E-state index >= 15 is 0 Å². The predicted octanol–water partition coefficient (Wildman–Crippen LogP) is 4.74. The lowest BCUT2D eigenvalue weighted by Gasteiger charge is -2.36. The summed E-state index contributed by atoms with van der Waals surface area (Å²) in [6.45, 7) is 4.84. The van der Waals surface area contributed by atoms with Crippen molar-refractivity contribution in [1.82, 2.24) is 20.0 Å². The number of benzene rings is 2. The molecule has 0 radical (unpaired) electrons. The zero-order valence-corrected chi connectivity index (χ0v) is 29.4. The molecule has 5 rings (SSSR count). The van der Waals surface area contributed by atoms with Crippen LogP contribution in [0, 0.1) is 11.8 Å². The molecule has 0 bridgehead atoms. The number of anilines is 1. The van der Waals surface area contributed by atoms with Crippen molar-refractivity contribution in [3.05, 3.63) is 87.2 Å². The third kappa shape index (κ3) is 9.00. The van der Waals surface area contributed by atoms with E-state index in [4.69, 9.17) is 16.3 Å². The van der Waals surface area contributed by atoms with E-state index in [9.17, 15) is 27.9 Å². The SMILES string of the molecule is Cn1cc(C#Cc2ccc(NC(=O)[C@@H]3CS(=O)(=O)CCN3C(=O)C(NC(=O)OC(C)(C)C)c3ccsc3)cc2)c(-c2cc(Cl)ccc2O)n1. The summed E-state index contributed by atoms with van der Waals surface area (Å²) in [5.74, 6) is 3.88. The largest absolute Gasteiger partial charge is 0.507 e. The molecule has 15 heteroatoms. The van der Waals surface area contributed by atoms with Gasteiger partial charge >= 0.3 is 6.09 Å². The molecule has 49 heavy (non-hydrogen) atoms. The summed E-state index contributed by atoms with van der Waals surface area (Å²) in [4.78, 5) is 41.3. The minimum atomic E-state index is -3.64. The highest BCUT2D eigenvalue weighted by Crippen LogP contribution is 2.32. The first kappa shape index (κ1) is 35.5. The van der Waals surface area contributed by atoms with Crippen LogP contribution >= 0.6 is 22.9 Å². The van der Waals surface area contributed by atoms with Crippen LogP contribution in [0.5, 0.6) is 5.75 Å². The number of thiophene rings is 1. The summed E-state index contributed by atoms with van der Waals surface area (Å²) in [7, 11) is -1.91. The van der Waals surface area contributed by atoms with E-state index < -0.39 is 51.2 Å². The fourth-order valence-electron chi connectivity index (χ4n) is 5.09. The summed E-state index contributed by atoms with van der Waals surface area (Å²) in [6.07, 6.45) is 0.891. The Hall–Kier alpha value is -4.84.